The number of benzene rings is 3. The van der Waals surface area contributed by atoms with Crippen molar-refractivity contribution in [3.8, 4) is 16.8 Å². The molecule has 4 rings (SSSR count). The van der Waals surface area contributed by atoms with Crippen LogP contribution in [-0.4, -0.2) is 27.0 Å². The molecule has 32 heavy (non-hydrogen) atoms. The zero-order chi connectivity index (χ0) is 22.7. The molecule has 1 amide bonds. The lowest BCUT2D eigenvalue weighted by molar-refractivity contribution is -0.105. The minimum atomic E-state index is -0.943. The van der Waals surface area contributed by atoms with Crippen LogP contribution in [0.3, 0.4) is 0 Å². The van der Waals surface area contributed by atoms with Gasteiger partial charge in [0.1, 0.15) is 5.82 Å². The fourth-order valence-electron chi connectivity index (χ4n) is 4.07. The standard InChI is InChI=1S/C26H25N3O3/c1-3-4-9-25-28-23-13-10-18(27-16-30)15-24(23)29(25)19-11-12-20(17(2)14-19)21-7-5-6-8-22(21)26(31)32/h5-8,10-16H,3-4,9H2,1-2H3,(H,27,30)(H,31,32). The first-order valence-corrected chi connectivity index (χ1v) is 10.7. The van der Waals surface area contributed by atoms with Crippen LogP contribution in [0.5, 0.6) is 0 Å². The molecule has 0 spiro atoms. The molecule has 0 saturated heterocycles. The summed E-state index contributed by atoms with van der Waals surface area (Å²) in [6, 6.07) is 18.8. The third-order valence-electron chi connectivity index (χ3n) is 5.62. The SMILES string of the molecule is CCCCc1nc2ccc(NC=O)cc2n1-c1ccc(-c2ccccc2C(=O)O)c(C)c1. The smallest absolute Gasteiger partial charge is 0.336 e. The molecular formula is C26H25N3O3. The van der Waals surface area contributed by atoms with Gasteiger partial charge in [-0.1, -0.05) is 37.6 Å². The molecule has 2 N–H and O–H groups in total. The Bertz CT molecular complexity index is 1310. The van der Waals surface area contributed by atoms with E-state index in [0.717, 1.165) is 52.9 Å². The van der Waals surface area contributed by atoms with Crippen LogP contribution in [0.4, 0.5) is 5.69 Å². The summed E-state index contributed by atoms with van der Waals surface area (Å²) in [7, 11) is 0. The van der Waals surface area contributed by atoms with E-state index in [0.29, 0.717) is 17.7 Å². The minimum Gasteiger partial charge on any atom is -0.478 e. The number of carbonyl (C=O) groups is 2. The Morgan fingerprint density at radius 3 is 2.62 bits per heavy atom. The van der Waals surface area contributed by atoms with Crippen molar-refractivity contribution in [2.24, 2.45) is 0 Å². The van der Waals surface area contributed by atoms with E-state index >= 15 is 0 Å². The van der Waals surface area contributed by atoms with E-state index in [-0.39, 0.29) is 5.56 Å². The van der Waals surface area contributed by atoms with Gasteiger partial charge >= 0.3 is 5.97 Å². The Kier molecular flexibility index (Phi) is 6.03. The van der Waals surface area contributed by atoms with E-state index in [4.69, 9.17) is 4.98 Å². The fourth-order valence-corrected chi connectivity index (χ4v) is 4.07. The van der Waals surface area contributed by atoms with Crippen LogP contribution < -0.4 is 5.32 Å². The Morgan fingerprint density at radius 2 is 1.91 bits per heavy atom. The molecule has 0 aliphatic rings. The molecule has 0 radical (unpaired) electrons. The predicted octanol–water partition coefficient (Wildman–Crippen LogP) is 5.61. The number of rotatable bonds is 8. The Hall–Kier alpha value is -3.93. The van der Waals surface area contributed by atoms with Crippen molar-refractivity contribution < 1.29 is 14.7 Å². The summed E-state index contributed by atoms with van der Waals surface area (Å²) < 4.78 is 2.13. The molecule has 4 aromatic rings. The first kappa shape index (κ1) is 21.3. The van der Waals surface area contributed by atoms with Crippen LogP contribution in [0.2, 0.25) is 0 Å². The number of nitrogens with one attached hydrogen (secondary N) is 1. The molecule has 0 saturated carbocycles. The molecule has 0 unspecified atom stereocenters. The van der Waals surface area contributed by atoms with E-state index < -0.39 is 5.97 Å². The number of nitrogens with zero attached hydrogens (tertiary/aromatic N) is 2. The van der Waals surface area contributed by atoms with Crippen molar-refractivity contribution in [3.05, 3.63) is 77.6 Å². The summed E-state index contributed by atoms with van der Waals surface area (Å²) in [5, 5.41) is 12.3. The van der Waals surface area contributed by atoms with Crippen LogP contribution in [0.25, 0.3) is 27.8 Å². The van der Waals surface area contributed by atoms with Crippen molar-refractivity contribution in [3.63, 3.8) is 0 Å². The summed E-state index contributed by atoms with van der Waals surface area (Å²) in [6.45, 7) is 4.14. The summed E-state index contributed by atoms with van der Waals surface area (Å²) in [4.78, 5) is 27.5. The van der Waals surface area contributed by atoms with Crippen molar-refractivity contribution in [1.82, 2.24) is 9.55 Å². The lowest BCUT2D eigenvalue weighted by Gasteiger charge is -2.14. The Morgan fingerprint density at radius 1 is 1.09 bits per heavy atom. The molecule has 6 nitrogen and oxygen atoms in total. The van der Waals surface area contributed by atoms with Gasteiger partial charge in [-0.2, -0.15) is 0 Å². The number of carboxylic acid groups (broad SMARTS) is 1. The van der Waals surface area contributed by atoms with E-state index in [2.05, 4.69) is 22.9 Å². The van der Waals surface area contributed by atoms with E-state index in [1.807, 2.05) is 49.4 Å². The van der Waals surface area contributed by atoms with Gasteiger partial charge in [-0.15, -0.1) is 0 Å². The first-order chi connectivity index (χ1) is 15.5. The van der Waals surface area contributed by atoms with Crippen molar-refractivity contribution in [1.29, 1.82) is 0 Å². The predicted molar refractivity (Wildman–Crippen MR) is 127 cm³/mol. The second-order valence-electron chi connectivity index (χ2n) is 7.78. The third-order valence-corrected chi connectivity index (χ3v) is 5.62. The number of carbonyl (C=O) groups excluding carboxylic acids is 1. The van der Waals surface area contributed by atoms with E-state index in [9.17, 15) is 14.7 Å². The first-order valence-electron chi connectivity index (χ1n) is 10.7. The monoisotopic (exact) mass is 427 g/mol. The highest BCUT2D eigenvalue weighted by Gasteiger charge is 2.16. The number of anilines is 1. The summed E-state index contributed by atoms with van der Waals surface area (Å²) in [5.74, 6) is 0.0185. The van der Waals surface area contributed by atoms with Crippen LogP contribution in [-0.2, 0) is 11.2 Å². The van der Waals surface area contributed by atoms with Crippen LogP contribution in [0.1, 0.15) is 41.5 Å². The molecule has 0 atom stereocenters. The van der Waals surface area contributed by atoms with Gasteiger partial charge in [-0.25, -0.2) is 9.78 Å². The number of aryl methyl sites for hydroxylation is 2. The minimum absolute atomic E-state index is 0.282. The number of aromatic nitrogens is 2. The molecule has 1 heterocycles. The topological polar surface area (TPSA) is 84.2 Å². The number of fused-ring (bicyclic) bond motifs is 1. The summed E-state index contributed by atoms with van der Waals surface area (Å²) in [5.41, 5.74) is 6.28. The number of hydrogen-bond donors (Lipinski definition) is 2. The van der Waals surface area contributed by atoms with Gasteiger partial charge in [0.05, 0.1) is 16.6 Å². The van der Waals surface area contributed by atoms with Crippen LogP contribution in [0, 0.1) is 6.92 Å². The lowest BCUT2D eigenvalue weighted by atomic mass is 9.95. The zero-order valence-corrected chi connectivity index (χ0v) is 18.1. The average Bonchev–Trinajstić information content (AvgIpc) is 3.15. The van der Waals surface area contributed by atoms with Crippen molar-refractivity contribution >= 4 is 29.1 Å². The average molecular weight is 428 g/mol. The molecule has 1 aromatic heterocycles. The quantitative estimate of drug-likeness (QED) is 0.358. The number of hydrogen-bond acceptors (Lipinski definition) is 3. The van der Waals surface area contributed by atoms with Crippen LogP contribution in [0.15, 0.2) is 60.7 Å². The van der Waals surface area contributed by atoms with Gasteiger partial charge in [0, 0.05) is 17.8 Å². The highest BCUT2D eigenvalue weighted by Crippen LogP contribution is 2.31. The maximum absolute atomic E-state index is 11.7. The highest BCUT2D eigenvalue weighted by atomic mass is 16.4. The normalized spacial score (nSPS) is 10.9. The molecule has 3 aromatic carbocycles. The lowest BCUT2D eigenvalue weighted by Crippen LogP contribution is -2.04. The van der Waals surface area contributed by atoms with Crippen molar-refractivity contribution in [2.75, 3.05) is 5.32 Å². The maximum Gasteiger partial charge on any atom is 0.336 e. The number of imidazole rings is 1. The molecule has 162 valence electrons. The van der Waals surface area contributed by atoms with Crippen molar-refractivity contribution in [2.45, 2.75) is 33.1 Å². The van der Waals surface area contributed by atoms with Gasteiger partial charge in [0.25, 0.3) is 0 Å². The third kappa shape index (κ3) is 3.99. The fraction of sp³-hybridized carbons (Fsp3) is 0.192. The number of amides is 1. The van der Waals surface area contributed by atoms with Crippen LogP contribution >= 0.6 is 0 Å². The zero-order valence-electron chi connectivity index (χ0n) is 18.1. The summed E-state index contributed by atoms with van der Waals surface area (Å²) in [6.07, 6.45) is 3.58. The molecule has 0 aliphatic carbocycles. The Balaban J connectivity index is 1.87. The second-order valence-corrected chi connectivity index (χ2v) is 7.78. The molecule has 0 aliphatic heterocycles. The Labute approximate surface area is 186 Å². The molecule has 0 bridgehead atoms. The van der Waals surface area contributed by atoms with E-state index in [1.165, 1.54) is 0 Å². The highest BCUT2D eigenvalue weighted by molar-refractivity contribution is 5.96. The number of aromatic carboxylic acids is 1. The molecule has 6 heteroatoms. The number of carboxylic acids is 1. The van der Waals surface area contributed by atoms with Gasteiger partial charge < -0.3 is 10.4 Å². The van der Waals surface area contributed by atoms with E-state index in [1.54, 1.807) is 12.1 Å². The number of unbranched alkanes of at least 4 members (excludes halogenated alkanes) is 1. The van der Waals surface area contributed by atoms with Gasteiger partial charge in [-0.05, 0) is 66.4 Å². The summed E-state index contributed by atoms with van der Waals surface area (Å²) >= 11 is 0. The molecular weight excluding hydrogens is 402 g/mol. The van der Waals surface area contributed by atoms with Gasteiger partial charge in [0.15, 0.2) is 0 Å². The second kappa shape index (κ2) is 9.06. The van der Waals surface area contributed by atoms with Gasteiger partial charge in [0.2, 0.25) is 6.41 Å². The maximum atomic E-state index is 11.7. The largest absolute Gasteiger partial charge is 0.478 e. The molecule has 0 fully saturated rings. The van der Waals surface area contributed by atoms with Gasteiger partial charge in [-0.3, -0.25) is 9.36 Å².